The van der Waals surface area contributed by atoms with Crippen LogP contribution >= 0.6 is 0 Å². The summed E-state index contributed by atoms with van der Waals surface area (Å²) in [5, 5.41) is 2.38. The average molecular weight is 281 g/mol. The molecule has 0 atom stereocenters. The van der Waals surface area contributed by atoms with Gasteiger partial charge in [0.05, 0.1) is 5.56 Å². The zero-order valence-electron chi connectivity index (χ0n) is 10.1. The lowest BCUT2D eigenvalue weighted by Gasteiger charge is -2.10. The van der Waals surface area contributed by atoms with Gasteiger partial charge in [-0.2, -0.15) is 13.2 Å². The van der Waals surface area contributed by atoms with Crippen molar-refractivity contribution in [2.75, 3.05) is 11.1 Å². The SMILES string of the molecule is Nc1cc(C(=O)Nc2cccc(C(F)(F)F)c2)ccn1. The van der Waals surface area contributed by atoms with Crippen molar-refractivity contribution in [1.29, 1.82) is 0 Å². The molecule has 0 saturated heterocycles. The Hall–Kier alpha value is -2.57. The predicted octanol–water partition coefficient (Wildman–Crippen LogP) is 2.93. The second kappa shape index (κ2) is 5.20. The Balaban J connectivity index is 2.20. The van der Waals surface area contributed by atoms with Crippen molar-refractivity contribution >= 4 is 17.4 Å². The van der Waals surface area contributed by atoms with Crippen LogP contribution in [-0.2, 0) is 6.18 Å². The number of nitrogens with one attached hydrogen (secondary N) is 1. The second-order valence-corrected chi connectivity index (χ2v) is 4.00. The maximum Gasteiger partial charge on any atom is 0.416 e. The third-order valence-electron chi connectivity index (χ3n) is 2.49. The van der Waals surface area contributed by atoms with E-state index in [-0.39, 0.29) is 17.1 Å². The average Bonchev–Trinajstić information content (AvgIpc) is 2.38. The highest BCUT2D eigenvalue weighted by Gasteiger charge is 2.30. The number of alkyl halides is 3. The zero-order chi connectivity index (χ0) is 14.8. The fourth-order valence-corrected chi connectivity index (χ4v) is 1.57. The van der Waals surface area contributed by atoms with Gasteiger partial charge in [0.15, 0.2) is 0 Å². The van der Waals surface area contributed by atoms with Crippen LogP contribution in [0.15, 0.2) is 42.6 Å². The minimum Gasteiger partial charge on any atom is -0.384 e. The summed E-state index contributed by atoms with van der Waals surface area (Å²) in [6.07, 6.45) is -3.11. The van der Waals surface area contributed by atoms with Crippen molar-refractivity contribution in [3.8, 4) is 0 Å². The first-order chi connectivity index (χ1) is 9.36. The van der Waals surface area contributed by atoms with Crippen molar-refractivity contribution in [3.63, 3.8) is 0 Å². The topological polar surface area (TPSA) is 68.0 Å². The lowest BCUT2D eigenvalue weighted by molar-refractivity contribution is -0.137. The second-order valence-electron chi connectivity index (χ2n) is 4.00. The minimum atomic E-state index is -4.46. The van der Waals surface area contributed by atoms with E-state index in [4.69, 9.17) is 5.73 Å². The van der Waals surface area contributed by atoms with Gasteiger partial charge in [0.1, 0.15) is 5.82 Å². The van der Waals surface area contributed by atoms with E-state index in [9.17, 15) is 18.0 Å². The largest absolute Gasteiger partial charge is 0.416 e. The van der Waals surface area contributed by atoms with E-state index < -0.39 is 17.6 Å². The monoisotopic (exact) mass is 281 g/mol. The lowest BCUT2D eigenvalue weighted by Crippen LogP contribution is -2.13. The predicted molar refractivity (Wildman–Crippen MR) is 68.0 cm³/mol. The molecule has 0 unspecified atom stereocenters. The number of nitrogens with zero attached hydrogens (tertiary/aromatic N) is 1. The molecule has 104 valence electrons. The summed E-state index contributed by atoms with van der Waals surface area (Å²) in [5.74, 6) is -0.403. The van der Waals surface area contributed by atoms with Gasteiger partial charge >= 0.3 is 6.18 Å². The molecule has 0 aliphatic carbocycles. The molecule has 2 rings (SSSR count). The first kappa shape index (κ1) is 13.9. The molecule has 0 radical (unpaired) electrons. The van der Waals surface area contributed by atoms with Gasteiger partial charge in [-0.25, -0.2) is 4.98 Å². The van der Waals surface area contributed by atoms with E-state index in [1.54, 1.807) is 0 Å². The third-order valence-corrected chi connectivity index (χ3v) is 2.49. The van der Waals surface area contributed by atoms with Crippen molar-refractivity contribution in [2.45, 2.75) is 6.18 Å². The van der Waals surface area contributed by atoms with Crippen LogP contribution in [0.1, 0.15) is 15.9 Å². The first-order valence-electron chi connectivity index (χ1n) is 5.56. The summed E-state index contributed by atoms with van der Waals surface area (Å²) in [5.41, 5.74) is 4.88. The smallest absolute Gasteiger partial charge is 0.384 e. The molecule has 2 aromatic rings. The van der Waals surface area contributed by atoms with Crippen LogP contribution in [0.25, 0.3) is 0 Å². The molecule has 1 aromatic heterocycles. The van der Waals surface area contributed by atoms with Crippen molar-refractivity contribution < 1.29 is 18.0 Å². The van der Waals surface area contributed by atoms with Crippen LogP contribution in [0, 0.1) is 0 Å². The van der Waals surface area contributed by atoms with Gasteiger partial charge in [-0.3, -0.25) is 4.79 Å². The molecule has 0 aliphatic heterocycles. The number of carbonyl (C=O) groups is 1. The van der Waals surface area contributed by atoms with Crippen molar-refractivity contribution in [1.82, 2.24) is 4.98 Å². The number of pyridine rings is 1. The third kappa shape index (κ3) is 3.25. The molecule has 7 heteroatoms. The molecular formula is C13H10F3N3O. The van der Waals surface area contributed by atoms with Crippen LogP contribution in [-0.4, -0.2) is 10.9 Å². The lowest BCUT2D eigenvalue weighted by atomic mass is 10.2. The van der Waals surface area contributed by atoms with E-state index in [2.05, 4.69) is 10.3 Å². The molecule has 1 amide bonds. The Morgan fingerprint density at radius 3 is 2.60 bits per heavy atom. The number of nitrogen functional groups attached to an aromatic ring is 1. The molecule has 20 heavy (non-hydrogen) atoms. The van der Waals surface area contributed by atoms with E-state index >= 15 is 0 Å². The molecule has 1 heterocycles. The number of rotatable bonds is 2. The number of amides is 1. The summed E-state index contributed by atoms with van der Waals surface area (Å²) in [6.45, 7) is 0. The minimum absolute atomic E-state index is 0.0557. The maximum atomic E-state index is 12.5. The molecule has 0 spiro atoms. The molecule has 0 bridgehead atoms. The number of hydrogen-bond donors (Lipinski definition) is 2. The number of anilines is 2. The number of hydrogen-bond acceptors (Lipinski definition) is 3. The van der Waals surface area contributed by atoms with Gasteiger partial charge in [-0.15, -0.1) is 0 Å². The van der Waals surface area contributed by atoms with Gasteiger partial charge < -0.3 is 11.1 Å². The summed E-state index contributed by atoms with van der Waals surface area (Å²) in [7, 11) is 0. The summed E-state index contributed by atoms with van der Waals surface area (Å²) >= 11 is 0. The Labute approximate surface area is 112 Å². The number of aromatic nitrogens is 1. The van der Waals surface area contributed by atoms with E-state index in [1.807, 2.05) is 0 Å². The van der Waals surface area contributed by atoms with Gasteiger partial charge in [0, 0.05) is 17.4 Å². The molecule has 0 aliphatic rings. The number of carbonyl (C=O) groups excluding carboxylic acids is 1. The number of nitrogens with two attached hydrogens (primary N) is 1. The molecular weight excluding hydrogens is 271 g/mol. The van der Waals surface area contributed by atoms with Gasteiger partial charge in [-0.05, 0) is 30.3 Å². The number of benzene rings is 1. The fraction of sp³-hybridized carbons (Fsp3) is 0.0769. The molecule has 0 fully saturated rings. The quantitative estimate of drug-likeness (QED) is 0.889. The van der Waals surface area contributed by atoms with E-state index in [0.717, 1.165) is 12.1 Å². The van der Waals surface area contributed by atoms with Crippen LogP contribution < -0.4 is 11.1 Å². The first-order valence-corrected chi connectivity index (χ1v) is 5.56. The highest BCUT2D eigenvalue weighted by Crippen LogP contribution is 2.30. The molecule has 1 aromatic carbocycles. The van der Waals surface area contributed by atoms with E-state index in [1.165, 1.54) is 30.5 Å². The van der Waals surface area contributed by atoms with Crippen LogP contribution in [0.5, 0.6) is 0 Å². The van der Waals surface area contributed by atoms with Gasteiger partial charge in [-0.1, -0.05) is 6.07 Å². The highest BCUT2D eigenvalue weighted by molar-refractivity contribution is 6.04. The Bertz CT molecular complexity index is 641. The van der Waals surface area contributed by atoms with Crippen LogP contribution in [0.3, 0.4) is 0 Å². The summed E-state index contributed by atoms with van der Waals surface area (Å²) in [4.78, 5) is 15.6. The van der Waals surface area contributed by atoms with Gasteiger partial charge in [0.25, 0.3) is 5.91 Å². The zero-order valence-corrected chi connectivity index (χ0v) is 10.1. The molecule has 4 nitrogen and oxygen atoms in total. The summed E-state index contributed by atoms with van der Waals surface area (Å²) in [6, 6.07) is 7.14. The summed E-state index contributed by atoms with van der Waals surface area (Å²) < 4.78 is 37.6. The van der Waals surface area contributed by atoms with Crippen LogP contribution in [0.4, 0.5) is 24.7 Å². The molecule has 3 N–H and O–H groups in total. The van der Waals surface area contributed by atoms with Crippen LogP contribution in [0.2, 0.25) is 0 Å². The Kier molecular flexibility index (Phi) is 3.60. The van der Waals surface area contributed by atoms with E-state index in [0.29, 0.717) is 0 Å². The fourth-order valence-electron chi connectivity index (χ4n) is 1.57. The Morgan fingerprint density at radius 1 is 1.20 bits per heavy atom. The van der Waals surface area contributed by atoms with Crippen molar-refractivity contribution in [3.05, 3.63) is 53.7 Å². The van der Waals surface area contributed by atoms with Crippen molar-refractivity contribution in [2.24, 2.45) is 0 Å². The molecule has 0 saturated carbocycles. The Morgan fingerprint density at radius 2 is 1.95 bits per heavy atom. The highest BCUT2D eigenvalue weighted by atomic mass is 19.4. The maximum absolute atomic E-state index is 12.5. The standard InChI is InChI=1S/C13H10F3N3O/c14-13(15,16)9-2-1-3-10(7-9)19-12(20)8-4-5-18-11(17)6-8/h1-7H,(H2,17,18)(H,19,20). The normalized spacial score (nSPS) is 11.2. The van der Waals surface area contributed by atoms with Gasteiger partial charge in [0.2, 0.25) is 0 Å². The number of halogens is 3.